The summed E-state index contributed by atoms with van der Waals surface area (Å²) in [6.07, 6.45) is -1.66. The summed E-state index contributed by atoms with van der Waals surface area (Å²) in [5.74, 6) is 0.687. The molecule has 0 fully saturated rings. The number of rotatable bonds is 4. The highest BCUT2D eigenvalue weighted by Gasteiger charge is 2.32. The van der Waals surface area contributed by atoms with E-state index in [-0.39, 0.29) is 16.1 Å². The van der Waals surface area contributed by atoms with Crippen LogP contribution in [0.1, 0.15) is 5.56 Å². The molecule has 0 aliphatic carbocycles. The lowest BCUT2D eigenvalue weighted by molar-refractivity contribution is -0.274. The maximum atomic E-state index is 12.2. The van der Waals surface area contributed by atoms with Gasteiger partial charge in [0.2, 0.25) is 0 Å². The van der Waals surface area contributed by atoms with Crippen LogP contribution in [-0.2, 0) is 5.88 Å². The number of aromatic nitrogens is 1. The molecule has 0 N–H and O–H groups in total. The SMILES string of the molecule is FC(F)(F)Oc1ccc(Oc2ccncc2CCl)cc1Br. The monoisotopic (exact) mass is 381 g/mol. The third-order valence-corrected chi connectivity index (χ3v) is 3.27. The van der Waals surface area contributed by atoms with Crippen LogP contribution >= 0.6 is 27.5 Å². The second kappa shape index (κ2) is 6.53. The highest BCUT2D eigenvalue weighted by molar-refractivity contribution is 9.10. The molecular weight excluding hydrogens is 374 g/mol. The van der Waals surface area contributed by atoms with Crippen molar-refractivity contribution in [1.82, 2.24) is 4.98 Å². The molecule has 2 aromatic rings. The van der Waals surface area contributed by atoms with Gasteiger partial charge in [0.05, 0.1) is 10.4 Å². The summed E-state index contributed by atoms with van der Waals surface area (Å²) in [5, 5.41) is 0. The minimum atomic E-state index is -4.75. The molecule has 1 aromatic heterocycles. The Labute approximate surface area is 131 Å². The summed E-state index contributed by atoms with van der Waals surface area (Å²) in [6.45, 7) is 0. The maximum absolute atomic E-state index is 12.2. The normalized spacial score (nSPS) is 11.3. The van der Waals surface area contributed by atoms with Gasteiger partial charge in [-0.05, 0) is 40.2 Å². The van der Waals surface area contributed by atoms with Gasteiger partial charge in [-0.2, -0.15) is 0 Å². The van der Waals surface area contributed by atoms with Crippen molar-refractivity contribution in [2.75, 3.05) is 0 Å². The average Bonchev–Trinajstić information content (AvgIpc) is 2.41. The van der Waals surface area contributed by atoms with Crippen molar-refractivity contribution in [2.24, 2.45) is 0 Å². The Balaban J connectivity index is 2.21. The maximum Gasteiger partial charge on any atom is 0.573 e. The Morgan fingerprint density at radius 1 is 1.19 bits per heavy atom. The summed E-state index contributed by atoms with van der Waals surface area (Å²) in [5.41, 5.74) is 0.672. The van der Waals surface area contributed by atoms with E-state index in [1.54, 1.807) is 12.3 Å². The number of benzene rings is 1. The molecule has 0 aliphatic heterocycles. The number of nitrogens with zero attached hydrogens (tertiary/aromatic N) is 1. The van der Waals surface area contributed by atoms with Crippen LogP contribution in [0.2, 0.25) is 0 Å². The quantitative estimate of drug-likeness (QED) is 0.675. The summed E-state index contributed by atoms with van der Waals surface area (Å²) in [6, 6.07) is 5.52. The molecule has 2 rings (SSSR count). The zero-order chi connectivity index (χ0) is 15.5. The van der Waals surface area contributed by atoms with Crippen molar-refractivity contribution in [3.05, 3.63) is 46.7 Å². The van der Waals surface area contributed by atoms with Gasteiger partial charge in [-0.1, -0.05) is 0 Å². The van der Waals surface area contributed by atoms with Crippen LogP contribution in [0.3, 0.4) is 0 Å². The molecule has 0 saturated heterocycles. The minimum Gasteiger partial charge on any atom is -0.457 e. The summed E-state index contributed by atoms with van der Waals surface area (Å²) in [4.78, 5) is 3.91. The molecule has 0 unspecified atom stereocenters. The van der Waals surface area contributed by atoms with Gasteiger partial charge in [-0.25, -0.2) is 0 Å². The molecule has 112 valence electrons. The molecule has 0 spiro atoms. The predicted molar refractivity (Wildman–Crippen MR) is 74.7 cm³/mol. The van der Waals surface area contributed by atoms with E-state index in [9.17, 15) is 13.2 Å². The average molecular weight is 383 g/mol. The number of pyridine rings is 1. The first-order valence-electron chi connectivity index (χ1n) is 5.61. The van der Waals surface area contributed by atoms with Crippen molar-refractivity contribution in [1.29, 1.82) is 0 Å². The first-order valence-corrected chi connectivity index (χ1v) is 6.94. The first-order chi connectivity index (χ1) is 9.89. The molecule has 0 saturated carbocycles. The van der Waals surface area contributed by atoms with E-state index in [1.807, 2.05) is 0 Å². The lowest BCUT2D eigenvalue weighted by atomic mass is 10.3. The van der Waals surface area contributed by atoms with E-state index in [4.69, 9.17) is 16.3 Å². The van der Waals surface area contributed by atoms with Crippen molar-refractivity contribution in [3.63, 3.8) is 0 Å². The fraction of sp³-hybridized carbons (Fsp3) is 0.154. The minimum absolute atomic E-state index is 0.124. The standard InChI is InChI=1S/C13H8BrClF3NO2/c14-10-5-9(1-2-12(10)21-13(16,17)18)20-11-3-4-19-7-8(11)6-15/h1-5,7H,6H2. The van der Waals surface area contributed by atoms with Crippen LogP contribution in [0.25, 0.3) is 0 Å². The van der Waals surface area contributed by atoms with Crippen LogP contribution in [0.5, 0.6) is 17.2 Å². The second-order valence-corrected chi connectivity index (χ2v) is 4.98. The molecule has 21 heavy (non-hydrogen) atoms. The van der Waals surface area contributed by atoms with Crippen LogP contribution < -0.4 is 9.47 Å². The van der Waals surface area contributed by atoms with Crippen molar-refractivity contribution < 1.29 is 22.6 Å². The van der Waals surface area contributed by atoms with E-state index < -0.39 is 6.36 Å². The molecule has 3 nitrogen and oxygen atoms in total. The van der Waals surface area contributed by atoms with Gasteiger partial charge in [0.15, 0.2) is 0 Å². The fourth-order valence-corrected chi connectivity index (χ4v) is 2.13. The van der Waals surface area contributed by atoms with Gasteiger partial charge in [-0.15, -0.1) is 24.8 Å². The number of ether oxygens (including phenoxy) is 2. The zero-order valence-corrected chi connectivity index (χ0v) is 12.7. The summed E-state index contributed by atoms with van der Waals surface area (Å²) < 4.78 is 46.1. The molecule has 1 heterocycles. The number of halogens is 5. The lowest BCUT2D eigenvalue weighted by Gasteiger charge is -2.13. The Kier molecular flexibility index (Phi) is 4.95. The predicted octanol–water partition coefficient (Wildman–Crippen LogP) is 5.27. The lowest BCUT2D eigenvalue weighted by Crippen LogP contribution is -2.17. The van der Waals surface area contributed by atoms with Gasteiger partial charge < -0.3 is 9.47 Å². The van der Waals surface area contributed by atoms with E-state index >= 15 is 0 Å². The topological polar surface area (TPSA) is 31.4 Å². The molecule has 0 atom stereocenters. The Bertz CT molecular complexity index is 637. The molecule has 0 radical (unpaired) electrons. The summed E-state index contributed by atoms with van der Waals surface area (Å²) >= 11 is 8.76. The van der Waals surface area contributed by atoms with Crippen LogP contribution in [-0.4, -0.2) is 11.3 Å². The fourth-order valence-electron chi connectivity index (χ4n) is 1.49. The third-order valence-electron chi connectivity index (χ3n) is 2.36. The number of hydrogen-bond donors (Lipinski definition) is 0. The molecule has 0 bridgehead atoms. The van der Waals surface area contributed by atoms with E-state index in [2.05, 4.69) is 25.7 Å². The number of hydrogen-bond acceptors (Lipinski definition) is 3. The Morgan fingerprint density at radius 3 is 2.57 bits per heavy atom. The van der Waals surface area contributed by atoms with Crippen molar-refractivity contribution in [3.8, 4) is 17.2 Å². The zero-order valence-electron chi connectivity index (χ0n) is 10.3. The van der Waals surface area contributed by atoms with Crippen LogP contribution in [0.15, 0.2) is 41.1 Å². The molecule has 1 aromatic carbocycles. The molecule has 0 aliphatic rings. The van der Waals surface area contributed by atoms with Gasteiger partial charge in [-0.3, -0.25) is 4.98 Å². The molecule has 8 heteroatoms. The molecular formula is C13H8BrClF3NO2. The van der Waals surface area contributed by atoms with E-state index in [0.29, 0.717) is 17.1 Å². The van der Waals surface area contributed by atoms with E-state index in [0.717, 1.165) is 6.07 Å². The third kappa shape index (κ3) is 4.50. The van der Waals surface area contributed by atoms with Gasteiger partial charge in [0.1, 0.15) is 17.2 Å². The second-order valence-electron chi connectivity index (χ2n) is 3.86. The largest absolute Gasteiger partial charge is 0.573 e. The van der Waals surface area contributed by atoms with Crippen molar-refractivity contribution in [2.45, 2.75) is 12.2 Å². The van der Waals surface area contributed by atoms with E-state index in [1.165, 1.54) is 18.3 Å². The Morgan fingerprint density at radius 2 is 1.95 bits per heavy atom. The highest BCUT2D eigenvalue weighted by atomic mass is 79.9. The Hall–Kier alpha value is -1.47. The van der Waals surface area contributed by atoms with Gasteiger partial charge >= 0.3 is 6.36 Å². The first kappa shape index (κ1) is 15.9. The highest BCUT2D eigenvalue weighted by Crippen LogP contribution is 2.35. The summed E-state index contributed by atoms with van der Waals surface area (Å²) in [7, 11) is 0. The number of alkyl halides is 4. The molecule has 0 amide bonds. The van der Waals surface area contributed by atoms with Crippen LogP contribution in [0.4, 0.5) is 13.2 Å². The van der Waals surface area contributed by atoms with Gasteiger partial charge in [0, 0.05) is 18.0 Å². The van der Waals surface area contributed by atoms with Crippen LogP contribution in [0, 0.1) is 0 Å². The van der Waals surface area contributed by atoms with Gasteiger partial charge in [0.25, 0.3) is 0 Å². The van der Waals surface area contributed by atoms with Crippen molar-refractivity contribution >= 4 is 27.5 Å². The smallest absolute Gasteiger partial charge is 0.457 e.